The van der Waals surface area contributed by atoms with E-state index in [2.05, 4.69) is 20.4 Å². The quantitative estimate of drug-likeness (QED) is 0.812. The second kappa shape index (κ2) is 8.24. The lowest BCUT2D eigenvalue weighted by molar-refractivity contribution is 0.190. The molecule has 1 N–H and O–H groups in total. The highest BCUT2D eigenvalue weighted by Gasteiger charge is 2.28. The Morgan fingerprint density at radius 1 is 1.15 bits per heavy atom. The summed E-state index contributed by atoms with van der Waals surface area (Å²) in [6.07, 6.45) is 1.85. The van der Waals surface area contributed by atoms with E-state index >= 15 is 0 Å². The standard InChI is InChI=1S/C17H23N5O3S.ClH/c1-21-11-8-18-12-15(21)16-19-17(25-20-16)13-4-6-14(7-5-13)26(23,24)22-9-2-3-10-22;/h4-7,15,18H,2-3,8-12H2,1H3;1H. The van der Waals surface area contributed by atoms with Gasteiger partial charge in [-0.15, -0.1) is 12.4 Å². The summed E-state index contributed by atoms with van der Waals surface area (Å²) < 4.78 is 32.1. The van der Waals surface area contributed by atoms with Gasteiger partial charge in [-0.25, -0.2) is 8.42 Å². The molecule has 0 amide bonds. The zero-order valence-corrected chi connectivity index (χ0v) is 16.8. The van der Waals surface area contributed by atoms with Gasteiger partial charge in [0, 0.05) is 38.3 Å². The minimum Gasteiger partial charge on any atom is -0.334 e. The van der Waals surface area contributed by atoms with E-state index in [-0.39, 0.29) is 18.4 Å². The van der Waals surface area contributed by atoms with Gasteiger partial charge in [-0.1, -0.05) is 5.16 Å². The first-order valence-corrected chi connectivity index (χ1v) is 10.3. The number of nitrogens with one attached hydrogen (secondary N) is 1. The number of likely N-dealkylation sites (N-methyl/N-ethyl adjacent to an activating group) is 1. The molecule has 2 saturated heterocycles. The molecule has 148 valence electrons. The third kappa shape index (κ3) is 4.02. The van der Waals surface area contributed by atoms with Crippen LogP contribution in [0.3, 0.4) is 0 Å². The molecule has 1 aromatic heterocycles. The molecule has 2 fully saturated rings. The molecule has 0 aliphatic carbocycles. The second-order valence-electron chi connectivity index (χ2n) is 6.79. The Hall–Kier alpha value is -1.52. The van der Waals surface area contributed by atoms with E-state index in [1.54, 1.807) is 28.6 Å². The smallest absolute Gasteiger partial charge is 0.257 e. The zero-order chi connectivity index (χ0) is 18.1. The van der Waals surface area contributed by atoms with Gasteiger partial charge in [-0.05, 0) is 44.2 Å². The summed E-state index contributed by atoms with van der Waals surface area (Å²) in [6, 6.07) is 6.75. The van der Waals surface area contributed by atoms with Crippen molar-refractivity contribution in [1.82, 2.24) is 24.7 Å². The average molecular weight is 414 g/mol. The average Bonchev–Trinajstić information content (AvgIpc) is 3.35. The Bertz CT molecular complexity index is 865. The largest absolute Gasteiger partial charge is 0.334 e. The van der Waals surface area contributed by atoms with Gasteiger partial charge in [0.2, 0.25) is 10.0 Å². The predicted molar refractivity (Wildman–Crippen MR) is 103 cm³/mol. The maximum absolute atomic E-state index is 12.6. The van der Waals surface area contributed by atoms with Crippen molar-refractivity contribution in [2.24, 2.45) is 0 Å². The Morgan fingerprint density at radius 2 is 1.85 bits per heavy atom. The number of sulfonamides is 1. The highest BCUT2D eigenvalue weighted by Crippen LogP contribution is 2.26. The normalized spacial score (nSPS) is 21.9. The second-order valence-corrected chi connectivity index (χ2v) is 8.73. The van der Waals surface area contributed by atoms with E-state index in [0.717, 1.165) is 38.0 Å². The van der Waals surface area contributed by atoms with Crippen LogP contribution in [0, 0.1) is 0 Å². The number of aromatic nitrogens is 2. The Kier molecular flexibility index (Phi) is 6.17. The van der Waals surface area contributed by atoms with Crippen molar-refractivity contribution in [2.75, 3.05) is 39.8 Å². The van der Waals surface area contributed by atoms with E-state index < -0.39 is 10.0 Å². The minimum absolute atomic E-state index is 0. The van der Waals surface area contributed by atoms with E-state index in [9.17, 15) is 8.42 Å². The van der Waals surface area contributed by atoms with Gasteiger partial charge in [0.1, 0.15) is 0 Å². The third-order valence-corrected chi connectivity index (χ3v) is 6.97. The van der Waals surface area contributed by atoms with Crippen molar-refractivity contribution in [3.8, 4) is 11.5 Å². The summed E-state index contributed by atoms with van der Waals surface area (Å²) in [5, 5.41) is 7.44. The van der Waals surface area contributed by atoms with Crippen molar-refractivity contribution >= 4 is 22.4 Å². The molecule has 27 heavy (non-hydrogen) atoms. The van der Waals surface area contributed by atoms with E-state index in [4.69, 9.17) is 4.52 Å². The minimum atomic E-state index is -3.41. The van der Waals surface area contributed by atoms with Crippen LogP contribution in [0.5, 0.6) is 0 Å². The van der Waals surface area contributed by atoms with E-state index in [1.165, 1.54) is 0 Å². The van der Waals surface area contributed by atoms with Gasteiger partial charge >= 0.3 is 0 Å². The lowest BCUT2D eigenvalue weighted by atomic mass is 10.2. The fraction of sp³-hybridized carbons (Fsp3) is 0.529. The van der Waals surface area contributed by atoms with Gasteiger partial charge in [-0.3, -0.25) is 4.90 Å². The molecule has 2 aliphatic rings. The molecule has 0 saturated carbocycles. The summed E-state index contributed by atoms with van der Waals surface area (Å²) in [7, 11) is -1.36. The Labute approximate surface area is 165 Å². The van der Waals surface area contributed by atoms with E-state index in [1.807, 2.05) is 7.05 Å². The molecule has 10 heteroatoms. The van der Waals surface area contributed by atoms with Crippen LogP contribution < -0.4 is 5.32 Å². The molecule has 3 heterocycles. The summed E-state index contributed by atoms with van der Waals surface area (Å²) in [4.78, 5) is 7.00. The first-order chi connectivity index (χ1) is 12.6. The van der Waals surface area contributed by atoms with E-state index in [0.29, 0.717) is 29.7 Å². The molecule has 2 aromatic rings. The highest BCUT2D eigenvalue weighted by atomic mass is 35.5. The fourth-order valence-corrected chi connectivity index (χ4v) is 4.95. The number of hydrogen-bond acceptors (Lipinski definition) is 7. The topological polar surface area (TPSA) is 91.6 Å². The summed E-state index contributed by atoms with van der Waals surface area (Å²) in [6.45, 7) is 3.85. The SMILES string of the molecule is CN1CCNCC1c1noc(-c2ccc(S(=O)(=O)N3CCCC3)cc2)n1.Cl. The molecule has 4 rings (SSSR count). The van der Waals surface area contributed by atoms with Crippen molar-refractivity contribution in [1.29, 1.82) is 0 Å². The summed E-state index contributed by atoms with van der Waals surface area (Å²) >= 11 is 0. The molecular weight excluding hydrogens is 390 g/mol. The number of benzene rings is 1. The zero-order valence-electron chi connectivity index (χ0n) is 15.2. The summed E-state index contributed by atoms with van der Waals surface area (Å²) in [5.74, 6) is 1.05. The highest BCUT2D eigenvalue weighted by molar-refractivity contribution is 7.89. The number of hydrogen-bond donors (Lipinski definition) is 1. The lowest BCUT2D eigenvalue weighted by Gasteiger charge is -2.30. The summed E-state index contributed by atoms with van der Waals surface area (Å²) in [5.41, 5.74) is 0.718. The van der Waals surface area contributed by atoms with Crippen LogP contribution in [0.25, 0.3) is 11.5 Å². The molecule has 0 spiro atoms. The van der Waals surface area contributed by atoms with Crippen molar-refractivity contribution in [3.05, 3.63) is 30.1 Å². The van der Waals surface area contributed by atoms with Crippen molar-refractivity contribution in [3.63, 3.8) is 0 Å². The van der Waals surface area contributed by atoms with Crippen LogP contribution in [-0.4, -0.2) is 67.5 Å². The molecule has 0 radical (unpaired) electrons. The maximum Gasteiger partial charge on any atom is 0.257 e. The Morgan fingerprint density at radius 3 is 2.52 bits per heavy atom. The van der Waals surface area contributed by atoms with Gasteiger partial charge in [-0.2, -0.15) is 9.29 Å². The third-order valence-electron chi connectivity index (χ3n) is 5.05. The van der Waals surface area contributed by atoms with Crippen LogP contribution in [0.2, 0.25) is 0 Å². The van der Waals surface area contributed by atoms with Gasteiger partial charge in [0.25, 0.3) is 5.89 Å². The Balaban J connectivity index is 0.00000210. The molecular formula is C17H24ClN5O3S. The molecule has 1 unspecified atom stereocenters. The maximum atomic E-state index is 12.6. The lowest BCUT2D eigenvalue weighted by Crippen LogP contribution is -2.44. The molecule has 2 aliphatic heterocycles. The predicted octanol–water partition coefficient (Wildman–Crippen LogP) is 1.52. The van der Waals surface area contributed by atoms with Crippen LogP contribution >= 0.6 is 12.4 Å². The van der Waals surface area contributed by atoms with Crippen LogP contribution in [0.1, 0.15) is 24.7 Å². The fourth-order valence-electron chi connectivity index (χ4n) is 3.43. The van der Waals surface area contributed by atoms with Crippen molar-refractivity contribution in [2.45, 2.75) is 23.8 Å². The first-order valence-electron chi connectivity index (χ1n) is 8.91. The van der Waals surface area contributed by atoms with Gasteiger partial charge < -0.3 is 9.84 Å². The molecule has 1 atom stereocenters. The van der Waals surface area contributed by atoms with Crippen LogP contribution in [-0.2, 0) is 10.0 Å². The number of rotatable bonds is 4. The molecule has 1 aromatic carbocycles. The van der Waals surface area contributed by atoms with Crippen molar-refractivity contribution < 1.29 is 12.9 Å². The first kappa shape index (κ1) is 20.2. The van der Waals surface area contributed by atoms with Gasteiger partial charge in [0.15, 0.2) is 5.82 Å². The van der Waals surface area contributed by atoms with Crippen LogP contribution in [0.4, 0.5) is 0 Å². The molecule has 8 nitrogen and oxygen atoms in total. The monoisotopic (exact) mass is 413 g/mol. The number of nitrogens with zero attached hydrogens (tertiary/aromatic N) is 4. The number of piperazine rings is 1. The molecule has 0 bridgehead atoms. The van der Waals surface area contributed by atoms with Gasteiger partial charge in [0.05, 0.1) is 10.9 Å². The number of halogens is 1. The van der Waals surface area contributed by atoms with Crippen LogP contribution in [0.15, 0.2) is 33.7 Å².